The Morgan fingerprint density at radius 3 is 2.59 bits per heavy atom. The van der Waals surface area contributed by atoms with Crippen LogP contribution in [0.2, 0.25) is 0 Å². The number of hydrogen-bond donors (Lipinski definition) is 2. The Labute approximate surface area is 172 Å². The molecule has 0 amide bonds. The van der Waals surface area contributed by atoms with Gasteiger partial charge in [-0.1, -0.05) is 0 Å². The number of piperazine rings is 1. The maximum atomic E-state index is 13.1. The van der Waals surface area contributed by atoms with Crippen LogP contribution in [-0.2, 0) is 14.8 Å². The number of benzene rings is 1. The van der Waals surface area contributed by atoms with Crippen molar-refractivity contribution in [3.8, 4) is 0 Å². The van der Waals surface area contributed by atoms with Gasteiger partial charge in [0.2, 0.25) is 10.0 Å². The van der Waals surface area contributed by atoms with E-state index in [4.69, 9.17) is 10.5 Å². The highest BCUT2D eigenvalue weighted by molar-refractivity contribution is 7.89. The minimum absolute atomic E-state index is 0.0375. The highest BCUT2D eigenvalue weighted by Gasteiger charge is 2.20. The van der Waals surface area contributed by atoms with Gasteiger partial charge >= 0.3 is 0 Å². The van der Waals surface area contributed by atoms with Gasteiger partial charge in [0, 0.05) is 45.0 Å². The van der Waals surface area contributed by atoms with Crippen molar-refractivity contribution in [1.29, 1.82) is 0 Å². The largest absolute Gasteiger partial charge is 0.377 e. The average Bonchev–Trinajstić information content (AvgIpc) is 2.74. The molecule has 3 N–H and O–H groups in total. The van der Waals surface area contributed by atoms with Crippen molar-refractivity contribution in [1.82, 2.24) is 9.62 Å². The Bertz CT molecular complexity index is 774. The highest BCUT2D eigenvalue weighted by Crippen LogP contribution is 2.17. The summed E-state index contributed by atoms with van der Waals surface area (Å²) in [7, 11) is -3.41. The molecule has 2 aliphatic rings. The Kier molecular flexibility index (Phi) is 7.68. The topological polar surface area (TPSA) is 100 Å². The zero-order chi connectivity index (χ0) is 20.7. The fourth-order valence-electron chi connectivity index (χ4n) is 3.49. The van der Waals surface area contributed by atoms with Gasteiger partial charge in [0.15, 0.2) is 5.96 Å². The van der Waals surface area contributed by atoms with E-state index in [1.165, 1.54) is 12.1 Å². The molecule has 8 nitrogen and oxygen atoms in total. The summed E-state index contributed by atoms with van der Waals surface area (Å²) in [5, 5.41) is 0. The van der Waals surface area contributed by atoms with Crippen LogP contribution >= 0.6 is 0 Å². The van der Waals surface area contributed by atoms with Gasteiger partial charge in [-0.3, -0.25) is 4.99 Å². The molecule has 0 aromatic heterocycles. The molecule has 0 radical (unpaired) electrons. The Morgan fingerprint density at radius 2 is 1.93 bits per heavy atom. The normalized spacial score (nSPS) is 21.4. The molecule has 0 saturated carbocycles. The molecular weight excluding hydrogens is 397 g/mol. The first kappa shape index (κ1) is 21.8. The van der Waals surface area contributed by atoms with E-state index in [2.05, 4.69) is 14.6 Å². The molecule has 2 heterocycles. The Hall–Kier alpha value is -1.91. The van der Waals surface area contributed by atoms with Crippen molar-refractivity contribution in [2.45, 2.75) is 25.4 Å². The van der Waals surface area contributed by atoms with Crippen LogP contribution in [0.4, 0.5) is 10.1 Å². The fraction of sp³-hybridized carbons (Fsp3) is 0.632. The number of guanidine groups is 1. The van der Waals surface area contributed by atoms with Crippen molar-refractivity contribution >= 4 is 21.7 Å². The Morgan fingerprint density at radius 1 is 1.21 bits per heavy atom. The second-order valence-corrected chi connectivity index (χ2v) is 9.27. The van der Waals surface area contributed by atoms with Crippen molar-refractivity contribution in [3.05, 3.63) is 30.1 Å². The molecule has 1 aromatic carbocycles. The quantitative estimate of drug-likeness (QED) is 0.492. The van der Waals surface area contributed by atoms with E-state index in [1.807, 2.05) is 4.90 Å². The number of hydrogen-bond acceptors (Lipinski definition) is 5. The third kappa shape index (κ3) is 6.83. The molecule has 10 heteroatoms. The summed E-state index contributed by atoms with van der Waals surface area (Å²) in [5.74, 6) is 0.00437. The molecule has 1 aromatic rings. The molecule has 0 bridgehead atoms. The van der Waals surface area contributed by atoms with E-state index in [0.717, 1.165) is 38.0 Å². The maximum absolute atomic E-state index is 13.1. The van der Waals surface area contributed by atoms with Gasteiger partial charge in [-0.25, -0.2) is 17.5 Å². The number of halogens is 1. The minimum Gasteiger partial charge on any atom is -0.377 e. The van der Waals surface area contributed by atoms with Crippen LogP contribution in [-0.4, -0.2) is 77.0 Å². The standard InChI is InChI=1S/C19H30FN5O3S/c20-16-4-6-17(7-5-16)24-9-11-25(12-10-24)19(21)22-8-14-29(26,27)23-15-18-3-1-2-13-28-18/h4-7,18,23H,1-3,8-15H2,(H2,21,22). The summed E-state index contributed by atoms with van der Waals surface area (Å²) in [6, 6.07) is 6.43. The van der Waals surface area contributed by atoms with Gasteiger partial charge in [-0.05, 0) is 43.5 Å². The van der Waals surface area contributed by atoms with E-state index < -0.39 is 10.0 Å². The van der Waals surface area contributed by atoms with Gasteiger partial charge in [0.1, 0.15) is 5.82 Å². The number of rotatable bonds is 7. The van der Waals surface area contributed by atoms with Crippen LogP contribution in [0.5, 0.6) is 0 Å². The molecule has 29 heavy (non-hydrogen) atoms. The number of ether oxygens (including phenoxy) is 1. The van der Waals surface area contributed by atoms with Crippen LogP contribution in [0.15, 0.2) is 29.3 Å². The number of anilines is 1. The van der Waals surface area contributed by atoms with E-state index in [9.17, 15) is 12.8 Å². The van der Waals surface area contributed by atoms with E-state index in [-0.39, 0.29) is 24.2 Å². The summed E-state index contributed by atoms with van der Waals surface area (Å²) in [6.45, 7) is 3.96. The first-order chi connectivity index (χ1) is 13.9. The number of sulfonamides is 1. The van der Waals surface area contributed by atoms with E-state index in [0.29, 0.717) is 32.2 Å². The second-order valence-electron chi connectivity index (χ2n) is 7.35. The second kappa shape index (κ2) is 10.2. The molecule has 0 aliphatic carbocycles. The summed E-state index contributed by atoms with van der Waals surface area (Å²) in [6.07, 6.45) is 2.96. The molecule has 1 atom stereocenters. The molecule has 162 valence electrons. The van der Waals surface area contributed by atoms with Crippen LogP contribution < -0.4 is 15.4 Å². The van der Waals surface area contributed by atoms with Crippen molar-refractivity contribution in [3.63, 3.8) is 0 Å². The van der Waals surface area contributed by atoms with Gasteiger partial charge in [-0.15, -0.1) is 0 Å². The summed E-state index contributed by atoms with van der Waals surface area (Å²) in [4.78, 5) is 8.34. The predicted molar refractivity (Wildman–Crippen MR) is 112 cm³/mol. The number of nitrogens with two attached hydrogens (primary N) is 1. The summed E-state index contributed by atoms with van der Waals surface area (Å²) < 4.78 is 45.5. The van der Waals surface area contributed by atoms with Gasteiger partial charge in [-0.2, -0.15) is 0 Å². The van der Waals surface area contributed by atoms with Crippen LogP contribution in [0.1, 0.15) is 19.3 Å². The lowest BCUT2D eigenvalue weighted by atomic mass is 10.1. The van der Waals surface area contributed by atoms with Crippen LogP contribution in [0.3, 0.4) is 0 Å². The number of nitrogens with zero attached hydrogens (tertiary/aromatic N) is 3. The molecular formula is C19H30FN5O3S. The third-order valence-corrected chi connectivity index (χ3v) is 6.56. The highest BCUT2D eigenvalue weighted by atomic mass is 32.2. The van der Waals surface area contributed by atoms with Gasteiger partial charge < -0.3 is 20.3 Å². The predicted octanol–water partition coefficient (Wildman–Crippen LogP) is 0.751. The lowest BCUT2D eigenvalue weighted by molar-refractivity contribution is 0.0200. The minimum atomic E-state index is -3.41. The lowest BCUT2D eigenvalue weighted by Crippen LogP contribution is -2.51. The molecule has 3 rings (SSSR count). The van der Waals surface area contributed by atoms with E-state index >= 15 is 0 Å². The number of aliphatic imine (C=N–C) groups is 1. The summed E-state index contributed by atoms with van der Waals surface area (Å²) >= 11 is 0. The zero-order valence-electron chi connectivity index (χ0n) is 16.6. The Balaban J connectivity index is 1.40. The van der Waals surface area contributed by atoms with Gasteiger partial charge in [0.05, 0.1) is 18.4 Å². The van der Waals surface area contributed by atoms with Crippen molar-refractivity contribution < 1.29 is 17.5 Å². The van der Waals surface area contributed by atoms with Crippen molar-refractivity contribution in [2.24, 2.45) is 10.7 Å². The molecule has 2 fully saturated rings. The van der Waals surface area contributed by atoms with Crippen molar-refractivity contribution in [2.75, 3.05) is 56.5 Å². The maximum Gasteiger partial charge on any atom is 0.213 e. The zero-order valence-corrected chi connectivity index (χ0v) is 17.4. The van der Waals surface area contributed by atoms with Crippen LogP contribution in [0.25, 0.3) is 0 Å². The first-order valence-electron chi connectivity index (χ1n) is 10.1. The molecule has 1 unspecified atom stereocenters. The number of nitrogens with one attached hydrogen (secondary N) is 1. The van der Waals surface area contributed by atoms with Crippen LogP contribution in [0, 0.1) is 5.82 Å². The summed E-state index contributed by atoms with van der Waals surface area (Å²) in [5.41, 5.74) is 7.02. The average molecular weight is 428 g/mol. The molecule has 2 aliphatic heterocycles. The monoisotopic (exact) mass is 427 g/mol. The SMILES string of the molecule is NC(=NCCS(=O)(=O)NCC1CCCCO1)N1CCN(c2ccc(F)cc2)CC1. The molecule has 2 saturated heterocycles. The smallest absolute Gasteiger partial charge is 0.213 e. The molecule has 0 spiro atoms. The van der Waals surface area contributed by atoms with Gasteiger partial charge in [0.25, 0.3) is 0 Å². The fourth-order valence-corrected chi connectivity index (χ4v) is 4.40. The lowest BCUT2D eigenvalue weighted by Gasteiger charge is -2.36. The van der Waals surface area contributed by atoms with E-state index in [1.54, 1.807) is 12.1 Å². The third-order valence-electron chi connectivity index (χ3n) is 5.23. The first-order valence-corrected chi connectivity index (χ1v) is 11.7.